The largest absolute Gasteiger partial charge is 0.454 e. The number of nitrogens with zero attached hydrogens (tertiary/aromatic N) is 1. The highest BCUT2D eigenvalue weighted by Crippen LogP contribution is 2.33. The Morgan fingerprint density at radius 2 is 2.00 bits per heavy atom. The second kappa shape index (κ2) is 3.63. The first kappa shape index (κ1) is 10.7. The van der Waals surface area contributed by atoms with Crippen LogP contribution in [0.15, 0.2) is 23.1 Å². The van der Waals surface area contributed by atoms with Gasteiger partial charge in [0, 0.05) is 11.0 Å². The van der Waals surface area contributed by atoms with E-state index in [9.17, 15) is 18.5 Å². The summed E-state index contributed by atoms with van der Waals surface area (Å²) in [5, 5.41) is 10.2. The van der Waals surface area contributed by atoms with Gasteiger partial charge in [-0.3, -0.25) is 10.1 Å². The first-order valence-electron chi connectivity index (χ1n) is 4.23. The molecule has 0 spiro atoms. The van der Waals surface area contributed by atoms with Gasteiger partial charge < -0.3 is 9.47 Å². The van der Waals surface area contributed by atoms with Crippen LogP contribution in [0.4, 0.5) is 0 Å². The Labute approximate surface area is 90.7 Å². The zero-order valence-corrected chi connectivity index (χ0v) is 8.77. The molecule has 2 rings (SSSR count). The van der Waals surface area contributed by atoms with Gasteiger partial charge in [0.15, 0.2) is 11.5 Å². The maximum absolute atomic E-state index is 11.5. The van der Waals surface area contributed by atoms with Gasteiger partial charge in [-0.15, -0.1) is 0 Å². The highest BCUT2D eigenvalue weighted by atomic mass is 32.2. The van der Waals surface area contributed by atoms with Gasteiger partial charge >= 0.3 is 5.88 Å². The predicted octanol–water partition coefficient (Wildman–Crippen LogP) is 0.423. The molecule has 1 aliphatic rings. The third kappa shape index (κ3) is 1.91. The van der Waals surface area contributed by atoms with E-state index in [2.05, 4.69) is 0 Å². The average molecular weight is 245 g/mol. The van der Waals surface area contributed by atoms with Crippen molar-refractivity contribution < 1.29 is 22.8 Å². The summed E-state index contributed by atoms with van der Waals surface area (Å²) in [7, 11) is -3.92. The highest BCUT2D eigenvalue weighted by Gasteiger charge is 2.24. The number of fused-ring (bicyclic) bond motifs is 1. The SMILES string of the molecule is O=[N+]([O-])CS(=O)(=O)c1ccc2c(c1)OCO2. The van der Waals surface area contributed by atoms with Gasteiger partial charge in [0.05, 0.1) is 4.90 Å². The molecule has 1 aromatic carbocycles. The predicted molar refractivity (Wildman–Crippen MR) is 51.6 cm³/mol. The van der Waals surface area contributed by atoms with Crippen LogP contribution < -0.4 is 9.47 Å². The fourth-order valence-corrected chi connectivity index (χ4v) is 2.27. The quantitative estimate of drug-likeness (QED) is 0.565. The molecule has 1 heterocycles. The molecule has 7 nitrogen and oxygen atoms in total. The summed E-state index contributed by atoms with van der Waals surface area (Å²) >= 11 is 0. The van der Waals surface area contributed by atoms with Crippen LogP contribution in [0.2, 0.25) is 0 Å². The Bertz CT molecular complexity index is 537. The molecule has 0 unspecified atom stereocenters. The Morgan fingerprint density at radius 3 is 2.69 bits per heavy atom. The van der Waals surface area contributed by atoms with Crippen LogP contribution in [0.25, 0.3) is 0 Å². The van der Waals surface area contributed by atoms with E-state index in [-0.39, 0.29) is 17.4 Å². The van der Waals surface area contributed by atoms with Crippen molar-refractivity contribution in [3.05, 3.63) is 28.3 Å². The number of sulfone groups is 1. The van der Waals surface area contributed by atoms with E-state index >= 15 is 0 Å². The lowest BCUT2D eigenvalue weighted by Crippen LogP contribution is -2.14. The molecule has 0 radical (unpaired) electrons. The molecule has 0 amide bonds. The minimum atomic E-state index is -3.92. The Hall–Kier alpha value is -1.83. The molecule has 1 aliphatic heterocycles. The van der Waals surface area contributed by atoms with Gasteiger partial charge in [0.1, 0.15) is 0 Å². The van der Waals surface area contributed by atoms with E-state index in [1.807, 2.05) is 0 Å². The van der Waals surface area contributed by atoms with Gasteiger partial charge in [0.25, 0.3) is 0 Å². The Balaban J connectivity index is 2.38. The summed E-state index contributed by atoms with van der Waals surface area (Å²) in [6.45, 7) is 0.0219. The number of ether oxygens (including phenoxy) is 2. The van der Waals surface area contributed by atoms with Crippen LogP contribution in [-0.4, -0.2) is 26.0 Å². The second-order valence-corrected chi connectivity index (χ2v) is 5.05. The van der Waals surface area contributed by atoms with E-state index in [4.69, 9.17) is 9.47 Å². The number of hydrogen-bond donors (Lipinski definition) is 0. The fraction of sp³-hybridized carbons (Fsp3) is 0.250. The van der Waals surface area contributed by atoms with Gasteiger partial charge in [-0.2, -0.15) is 0 Å². The standard InChI is InChI=1S/C8H7NO6S/c10-9(11)4-16(12,13)6-1-2-7-8(3-6)15-5-14-7/h1-3H,4-5H2. The summed E-state index contributed by atoms with van der Waals surface area (Å²) in [6.07, 6.45) is 0. The first-order valence-corrected chi connectivity index (χ1v) is 5.88. The van der Waals surface area contributed by atoms with Crippen molar-refractivity contribution in [2.45, 2.75) is 4.90 Å². The molecule has 16 heavy (non-hydrogen) atoms. The van der Waals surface area contributed by atoms with E-state index in [0.717, 1.165) is 0 Å². The lowest BCUT2D eigenvalue weighted by atomic mass is 10.3. The van der Waals surface area contributed by atoms with Crippen LogP contribution >= 0.6 is 0 Å². The van der Waals surface area contributed by atoms with Crippen LogP contribution in [0.1, 0.15) is 0 Å². The molecule has 0 saturated heterocycles. The molecule has 0 saturated carbocycles. The minimum absolute atomic E-state index is 0.0219. The summed E-state index contributed by atoms with van der Waals surface area (Å²) in [5.41, 5.74) is 0. The first-order chi connectivity index (χ1) is 7.49. The summed E-state index contributed by atoms with van der Waals surface area (Å²) in [6, 6.07) is 3.89. The lowest BCUT2D eigenvalue weighted by molar-refractivity contribution is -0.458. The zero-order chi connectivity index (χ0) is 11.8. The van der Waals surface area contributed by atoms with Crippen molar-refractivity contribution in [2.75, 3.05) is 12.7 Å². The number of rotatable bonds is 3. The molecule has 8 heteroatoms. The van der Waals surface area contributed by atoms with Crippen molar-refractivity contribution in [2.24, 2.45) is 0 Å². The number of benzene rings is 1. The molecule has 86 valence electrons. The number of nitro groups is 1. The molecule has 0 N–H and O–H groups in total. The van der Waals surface area contributed by atoms with E-state index in [1.54, 1.807) is 0 Å². The molecular weight excluding hydrogens is 238 g/mol. The molecule has 0 aromatic heterocycles. The number of hydrogen-bond acceptors (Lipinski definition) is 6. The topological polar surface area (TPSA) is 95.7 Å². The Kier molecular flexibility index (Phi) is 2.43. The minimum Gasteiger partial charge on any atom is -0.454 e. The van der Waals surface area contributed by atoms with Crippen molar-refractivity contribution in [3.8, 4) is 11.5 Å². The maximum Gasteiger partial charge on any atom is 0.305 e. The smallest absolute Gasteiger partial charge is 0.305 e. The summed E-state index contributed by atoms with van der Waals surface area (Å²) in [4.78, 5) is 9.16. The van der Waals surface area contributed by atoms with Crippen molar-refractivity contribution in [1.82, 2.24) is 0 Å². The highest BCUT2D eigenvalue weighted by molar-refractivity contribution is 7.91. The molecule has 1 aromatic rings. The monoisotopic (exact) mass is 245 g/mol. The van der Waals surface area contributed by atoms with E-state index in [0.29, 0.717) is 5.75 Å². The normalized spacial score (nSPS) is 13.8. The third-order valence-electron chi connectivity index (χ3n) is 1.98. The average Bonchev–Trinajstić information content (AvgIpc) is 2.61. The third-order valence-corrected chi connectivity index (χ3v) is 3.50. The molecule has 0 aliphatic carbocycles. The van der Waals surface area contributed by atoms with Crippen molar-refractivity contribution >= 4 is 9.84 Å². The van der Waals surface area contributed by atoms with Crippen LogP contribution in [0, 0.1) is 10.1 Å². The molecular formula is C8H7NO6S. The van der Waals surface area contributed by atoms with Gasteiger partial charge in [0.2, 0.25) is 16.6 Å². The zero-order valence-electron chi connectivity index (χ0n) is 7.95. The van der Waals surface area contributed by atoms with Crippen molar-refractivity contribution in [3.63, 3.8) is 0 Å². The van der Waals surface area contributed by atoms with Gasteiger partial charge in [-0.25, -0.2) is 8.42 Å². The summed E-state index contributed by atoms with van der Waals surface area (Å²) in [5.74, 6) is -0.420. The fourth-order valence-electron chi connectivity index (χ4n) is 1.28. The second-order valence-electron chi connectivity index (χ2n) is 3.09. The Morgan fingerprint density at radius 1 is 1.31 bits per heavy atom. The maximum atomic E-state index is 11.5. The lowest BCUT2D eigenvalue weighted by Gasteiger charge is -2.01. The van der Waals surface area contributed by atoms with Crippen LogP contribution in [0.3, 0.4) is 0 Å². The van der Waals surface area contributed by atoms with Gasteiger partial charge in [-0.1, -0.05) is 0 Å². The van der Waals surface area contributed by atoms with Gasteiger partial charge in [-0.05, 0) is 12.1 Å². The van der Waals surface area contributed by atoms with Crippen molar-refractivity contribution in [1.29, 1.82) is 0 Å². The van der Waals surface area contributed by atoms with E-state index in [1.165, 1.54) is 18.2 Å². The van der Waals surface area contributed by atoms with Crippen LogP contribution in [-0.2, 0) is 9.84 Å². The van der Waals surface area contributed by atoms with E-state index < -0.39 is 20.6 Å². The molecule has 0 fully saturated rings. The van der Waals surface area contributed by atoms with Crippen LogP contribution in [0.5, 0.6) is 11.5 Å². The molecule has 0 bridgehead atoms. The molecule has 0 atom stereocenters. The summed E-state index contributed by atoms with van der Waals surface area (Å²) < 4.78 is 33.0.